The predicted molar refractivity (Wildman–Crippen MR) is 124 cm³/mol. The van der Waals surface area contributed by atoms with Gasteiger partial charge in [0.1, 0.15) is 11.9 Å². The molecule has 1 aliphatic rings. The monoisotopic (exact) mass is 450 g/mol. The van der Waals surface area contributed by atoms with E-state index in [4.69, 9.17) is 0 Å². The average molecular weight is 451 g/mol. The average Bonchev–Trinajstić information content (AvgIpc) is 3.21. The van der Waals surface area contributed by atoms with Gasteiger partial charge in [-0.15, -0.1) is 0 Å². The zero-order valence-corrected chi connectivity index (χ0v) is 18.3. The molecule has 1 amide bonds. The van der Waals surface area contributed by atoms with Crippen molar-refractivity contribution in [3.05, 3.63) is 65.0 Å². The second-order valence-corrected chi connectivity index (χ2v) is 9.38. The van der Waals surface area contributed by atoms with Gasteiger partial charge in [0.05, 0.1) is 27.4 Å². The molecule has 32 heavy (non-hydrogen) atoms. The SMILES string of the molecule is O=C(Nc1nc2ccccc2s1)C(CC1CCCCC1)n1cnc2ccc(F)cc2c1=O. The van der Waals surface area contributed by atoms with Crippen molar-refractivity contribution in [1.29, 1.82) is 0 Å². The number of rotatable bonds is 5. The smallest absolute Gasteiger partial charge is 0.262 e. The number of carbonyl (C=O) groups excluding carboxylic acids is 1. The van der Waals surface area contributed by atoms with Crippen LogP contribution in [0, 0.1) is 11.7 Å². The van der Waals surface area contributed by atoms with Gasteiger partial charge >= 0.3 is 0 Å². The van der Waals surface area contributed by atoms with E-state index in [-0.39, 0.29) is 11.3 Å². The van der Waals surface area contributed by atoms with Crippen molar-refractivity contribution in [2.75, 3.05) is 5.32 Å². The Hall–Kier alpha value is -3.13. The lowest BCUT2D eigenvalue weighted by atomic mass is 9.84. The van der Waals surface area contributed by atoms with Crippen molar-refractivity contribution in [3.63, 3.8) is 0 Å². The van der Waals surface area contributed by atoms with Crippen LogP contribution in [-0.4, -0.2) is 20.4 Å². The first-order valence-electron chi connectivity index (χ1n) is 10.9. The third-order valence-corrected chi connectivity index (χ3v) is 7.14. The fourth-order valence-electron chi connectivity index (χ4n) is 4.53. The highest BCUT2D eigenvalue weighted by atomic mass is 32.1. The van der Waals surface area contributed by atoms with E-state index in [0.717, 1.165) is 35.9 Å². The number of hydrogen-bond donors (Lipinski definition) is 1. The molecule has 2 aromatic heterocycles. The fourth-order valence-corrected chi connectivity index (χ4v) is 5.40. The second kappa shape index (κ2) is 8.78. The number of hydrogen-bond acceptors (Lipinski definition) is 5. The van der Waals surface area contributed by atoms with E-state index in [1.807, 2.05) is 24.3 Å². The van der Waals surface area contributed by atoms with E-state index < -0.39 is 17.4 Å². The Morgan fingerprint density at radius 2 is 1.97 bits per heavy atom. The maximum atomic E-state index is 13.8. The van der Waals surface area contributed by atoms with Crippen molar-refractivity contribution < 1.29 is 9.18 Å². The molecule has 6 nitrogen and oxygen atoms in total. The first-order chi connectivity index (χ1) is 15.6. The fraction of sp³-hybridized carbons (Fsp3) is 0.333. The lowest BCUT2D eigenvalue weighted by molar-refractivity contribution is -0.120. The lowest BCUT2D eigenvalue weighted by Crippen LogP contribution is -2.35. The third-order valence-electron chi connectivity index (χ3n) is 6.19. The number of halogens is 1. The second-order valence-electron chi connectivity index (χ2n) is 8.35. The highest BCUT2D eigenvalue weighted by Crippen LogP contribution is 2.32. The molecule has 1 aliphatic carbocycles. The molecule has 0 bridgehead atoms. The van der Waals surface area contributed by atoms with Gasteiger partial charge in [-0.25, -0.2) is 14.4 Å². The van der Waals surface area contributed by atoms with Crippen LogP contribution in [0.2, 0.25) is 0 Å². The Labute approximate surface area is 188 Å². The summed E-state index contributed by atoms with van der Waals surface area (Å²) in [5, 5.41) is 3.59. The molecule has 2 heterocycles. The molecule has 0 saturated heterocycles. The summed E-state index contributed by atoms with van der Waals surface area (Å²) in [5.74, 6) is -0.448. The van der Waals surface area contributed by atoms with Gasteiger partial charge in [0.2, 0.25) is 5.91 Å². The molecule has 5 rings (SSSR count). The van der Waals surface area contributed by atoms with E-state index in [1.54, 1.807) is 0 Å². The minimum Gasteiger partial charge on any atom is -0.300 e. The molecule has 1 N–H and O–H groups in total. The molecule has 4 aromatic rings. The molecule has 1 unspecified atom stereocenters. The molecule has 0 aliphatic heterocycles. The topological polar surface area (TPSA) is 76.9 Å². The first-order valence-corrected chi connectivity index (χ1v) is 11.7. The van der Waals surface area contributed by atoms with Crippen LogP contribution in [-0.2, 0) is 4.79 Å². The van der Waals surface area contributed by atoms with Crippen molar-refractivity contribution in [2.24, 2.45) is 5.92 Å². The minimum atomic E-state index is -0.738. The summed E-state index contributed by atoms with van der Waals surface area (Å²) in [6.07, 6.45) is 7.49. The number of nitrogens with zero attached hydrogens (tertiary/aromatic N) is 3. The predicted octanol–water partition coefficient (Wildman–Crippen LogP) is 5.30. The van der Waals surface area contributed by atoms with Gasteiger partial charge in [-0.1, -0.05) is 55.6 Å². The van der Waals surface area contributed by atoms with Gasteiger partial charge in [-0.05, 0) is 42.7 Å². The van der Waals surface area contributed by atoms with Crippen LogP contribution in [0.5, 0.6) is 0 Å². The number of para-hydroxylation sites is 1. The quantitative estimate of drug-likeness (QED) is 0.448. The molecule has 0 radical (unpaired) electrons. The zero-order valence-electron chi connectivity index (χ0n) is 17.5. The number of nitrogens with one attached hydrogen (secondary N) is 1. The number of aromatic nitrogens is 3. The van der Waals surface area contributed by atoms with Gasteiger partial charge in [0.25, 0.3) is 5.56 Å². The molecule has 1 saturated carbocycles. The third kappa shape index (κ3) is 4.14. The number of benzene rings is 2. The summed E-state index contributed by atoms with van der Waals surface area (Å²) in [6.45, 7) is 0. The molecule has 164 valence electrons. The summed E-state index contributed by atoms with van der Waals surface area (Å²) >= 11 is 1.40. The normalized spacial score (nSPS) is 15.8. The van der Waals surface area contributed by atoms with Crippen molar-refractivity contribution in [1.82, 2.24) is 14.5 Å². The highest BCUT2D eigenvalue weighted by Gasteiger charge is 2.28. The van der Waals surface area contributed by atoms with E-state index in [9.17, 15) is 14.0 Å². The summed E-state index contributed by atoms with van der Waals surface area (Å²) in [6, 6.07) is 10.9. The van der Waals surface area contributed by atoms with Gasteiger partial charge in [-0.3, -0.25) is 14.2 Å². The Balaban J connectivity index is 1.51. The summed E-state index contributed by atoms with van der Waals surface area (Å²) < 4.78 is 16.1. The van der Waals surface area contributed by atoms with Gasteiger partial charge in [-0.2, -0.15) is 0 Å². The van der Waals surface area contributed by atoms with E-state index in [2.05, 4.69) is 15.3 Å². The van der Waals surface area contributed by atoms with Crippen LogP contribution in [0.15, 0.2) is 53.6 Å². The van der Waals surface area contributed by atoms with Gasteiger partial charge in [0, 0.05) is 0 Å². The molecule has 8 heteroatoms. The van der Waals surface area contributed by atoms with Crippen LogP contribution in [0.25, 0.3) is 21.1 Å². The standard InChI is InChI=1S/C24H23FN4O2S/c25-16-10-11-18-17(13-16)23(31)29(14-26-18)20(12-15-6-2-1-3-7-15)22(30)28-24-27-19-8-4-5-9-21(19)32-24/h4-5,8-11,13-15,20H,1-3,6-7,12H2,(H,27,28,30). The maximum Gasteiger partial charge on any atom is 0.262 e. The first kappa shape index (κ1) is 20.8. The largest absolute Gasteiger partial charge is 0.300 e. The minimum absolute atomic E-state index is 0.175. The molecule has 1 atom stereocenters. The van der Waals surface area contributed by atoms with Crippen molar-refractivity contribution in [2.45, 2.75) is 44.6 Å². The molecular weight excluding hydrogens is 427 g/mol. The summed E-state index contributed by atoms with van der Waals surface area (Å²) in [5.41, 5.74) is 0.821. The molecule has 0 spiro atoms. The summed E-state index contributed by atoms with van der Waals surface area (Å²) in [7, 11) is 0. The lowest BCUT2D eigenvalue weighted by Gasteiger charge is -2.27. The van der Waals surface area contributed by atoms with Crippen LogP contribution >= 0.6 is 11.3 Å². The number of fused-ring (bicyclic) bond motifs is 2. The van der Waals surface area contributed by atoms with E-state index in [1.165, 1.54) is 46.9 Å². The number of thiazole rings is 1. The van der Waals surface area contributed by atoms with Crippen LogP contribution < -0.4 is 10.9 Å². The zero-order chi connectivity index (χ0) is 22.1. The number of anilines is 1. The van der Waals surface area contributed by atoms with E-state index in [0.29, 0.717) is 23.0 Å². The highest BCUT2D eigenvalue weighted by molar-refractivity contribution is 7.22. The van der Waals surface area contributed by atoms with Crippen molar-refractivity contribution >= 4 is 43.5 Å². The number of carbonyl (C=O) groups is 1. The Morgan fingerprint density at radius 1 is 1.16 bits per heavy atom. The Morgan fingerprint density at radius 3 is 2.78 bits per heavy atom. The van der Waals surface area contributed by atoms with Crippen LogP contribution in [0.4, 0.5) is 9.52 Å². The maximum absolute atomic E-state index is 13.8. The number of amides is 1. The Kier molecular flexibility index (Phi) is 5.70. The van der Waals surface area contributed by atoms with E-state index >= 15 is 0 Å². The van der Waals surface area contributed by atoms with Crippen molar-refractivity contribution in [3.8, 4) is 0 Å². The van der Waals surface area contributed by atoms with Crippen LogP contribution in [0.1, 0.15) is 44.6 Å². The van der Waals surface area contributed by atoms with Crippen LogP contribution in [0.3, 0.4) is 0 Å². The Bertz CT molecular complexity index is 1310. The van der Waals surface area contributed by atoms with Gasteiger partial charge in [0.15, 0.2) is 5.13 Å². The summed E-state index contributed by atoms with van der Waals surface area (Å²) in [4.78, 5) is 35.5. The molecule has 2 aromatic carbocycles. The molecule has 1 fully saturated rings. The molecular formula is C24H23FN4O2S. The van der Waals surface area contributed by atoms with Gasteiger partial charge < -0.3 is 5.32 Å².